The topological polar surface area (TPSA) is 34.1 Å². The molecule has 0 fully saturated rings. The van der Waals surface area contributed by atoms with Crippen LogP contribution in [0.2, 0.25) is 0 Å². The van der Waals surface area contributed by atoms with Crippen molar-refractivity contribution in [1.29, 1.82) is 0 Å². The molecule has 4 heteroatoms. The Bertz CT molecular complexity index is 27.0. The molecule has 0 saturated carbocycles. The molecule has 0 aromatic rings. The maximum absolute atomic E-state index is 8.50. The first-order valence-corrected chi connectivity index (χ1v) is 1.68. The summed E-state index contributed by atoms with van der Waals surface area (Å²) in [5, 5.41) is 0. The predicted molar refractivity (Wildman–Crippen MR) is 9.92 cm³/mol. The Kier molecular flexibility index (Phi) is 20.4. The van der Waals surface area contributed by atoms with Gasteiger partial charge in [0, 0.05) is 0 Å². The van der Waals surface area contributed by atoms with E-state index in [0.29, 0.717) is 0 Å². The van der Waals surface area contributed by atoms with Crippen molar-refractivity contribution in [3.05, 3.63) is 0 Å². The van der Waals surface area contributed by atoms with E-state index in [0.717, 1.165) is 0 Å². The summed E-state index contributed by atoms with van der Waals surface area (Å²) in [5.41, 5.74) is 0. The third kappa shape index (κ3) is 9.20. The van der Waals surface area contributed by atoms with E-state index in [2.05, 4.69) is 0 Å². The second-order valence-corrected chi connectivity index (χ2v) is 0.344. The van der Waals surface area contributed by atoms with E-state index in [-0.39, 0.29) is 45.5 Å². The van der Waals surface area contributed by atoms with E-state index in [1.165, 1.54) is 0 Å². The van der Waals surface area contributed by atoms with Crippen LogP contribution < -0.4 is 0 Å². The molecule has 0 spiro atoms. The summed E-state index contributed by atoms with van der Waals surface area (Å²) >= 11 is -2.00. The molecule has 0 aromatic heterocycles. The van der Waals surface area contributed by atoms with Crippen molar-refractivity contribution in [3.8, 4) is 0 Å². The van der Waals surface area contributed by atoms with Crippen molar-refractivity contribution < 1.29 is 25.7 Å². The second kappa shape index (κ2) is 8.84. The molecular weight excluding hydrogens is 167 g/mol. The second-order valence-electron chi connectivity index (χ2n) is 0.0833. The first-order valence-electron chi connectivity index (χ1n) is 0.408. The predicted octanol–water partition coefficient (Wildman–Crippen LogP) is -1.16. The van der Waals surface area contributed by atoms with Gasteiger partial charge in [-0.2, -0.15) is 0 Å². The van der Waals surface area contributed by atoms with Crippen LogP contribution in [-0.2, 0) is 25.7 Å². The Labute approximate surface area is 69.8 Å². The van der Waals surface area contributed by atoms with Crippen LogP contribution in [0.25, 0.3) is 0 Å². The van der Waals surface area contributed by atoms with Gasteiger partial charge < -0.3 is 0 Å². The van der Waals surface area contributed by atoms with Crippen LogP contribution in [0.1, 0.15) is 0 Å². The fourth-order valence-corrected chi connectivity index (χ4v) is 0. The van der Waals surface area contributed by atoms with E-state index in [4.69, 9.17) is 6.65 Å². The molecule has 0 N–H and O–H groups in total. The van der Waals surface area contributed by atoms with Gasteiger partial charge in [0.25, 0.3) is 0 Å². The van der Waals surface area contributed by atoms with Crippen molar-refractivity contribution in [1.82, 2.24) is 0 Å². The zero-order chi connectivity index (χ0) is 2.71. The van der Waals surface area contributed by atoms with Gasteiger partial charge in [0.1, 0.15) is 0 Å². The van der Waals surface area contributed by atoms with Crippen LogP contribution in [-0.4, -0.2) is 45.5 Å². The van der Waals surface area contributed by atoms with Crippen molar-refractivity contribution in [2.45, 2.75) is 0 Å². The van der Waals surface area contributed by atoms with Crippen LogP contribution in [0.4, 0.5) is 0 Å². The van der Waals surface area contributed by atoms with Gasteiger partial charge in [-0.25, -0.2) is 0 Å². The zero-order valence-corrected chi connectivity index (χ0v) is 2.88. The molecule has 0 unspecified atom stereocenters. The quantitative estimate of drug-likeness (QED) is 0.429. The summed E-state index contributed by atoms with van der Waals surface area (Å²) in [4.78, 5) is 0. The summed E-state index contributed by atoms with van der Waals surface area (Å²) in [6, 6.07) is 0. The van der Waals surface area contributed by atoms with Crippen LogP contribution in [0.3, 0.4) is 0 Å². The molecule has 0 bridgehead atoms. The van der Waals surface area contributed by atoms with Crippen LogP contribution in [0.15, 0.2) is 0 Å². The molecule has 0 aliphatic rings. The minimum absolute atomic E-state index is 0. The van der Waals surface area contributed by atoms with Gasteiger partial charge in [-0.1, -0.05) is 0 Å². The van der Waals surface area contributed by atoms with Crippen molar-refractivity contribution in [2.24, 2.45) is 0 Å². The van der Waals surface area contributed by atoms with E-state index < -0.39 is 19.1 Å². The van der Waals surface area contributed by atoms with Crippen LogP contribution in [0, 0.1) is 0 Å². The van der Waals surface area contributed by atoms with Gasteiger partial charge >= 0.3 is 71.2 Å². The normalized spacial score (nSPS) is 2.00. The Balaban J connectivity index is 0. The molecule has 0 rings (SSSR count). The Morgan fingerprint density at radius 1 is 1.25 bits per heavy atom. The van der Waals surface area contributed by atoms with E-state index in [9.17, 15) is 0 Å². The third-order valence-corrected chi connectivity index (χ3v) is 0. The number of hydrogen-bond donors (Lipinski definition) is 0. The molecule has 0 amide bonds. The van der Waals surface area contributed by atoms with Crippen LogP contribution >= 0.6 is 0 Å². The van der Waals surface area contributed by atoms with E-state index in [1.807, 2.05) is 0 Å². The molecule has 4 heavy (non-hydrogen) atoms. The first-order chi connectivity index (χ1) is 1.41. The number of hydrogen-bond acceptors (Lipinski definition) is 2. The van der Waals surface area contributed by atoms with Crippen LogP contribution in [0.5, 0.6) is 0 Å². The molecule has 0 atom stereocenters. The van der Waals surface area contributed by atoms with Gasteiger partial charge in [-0.15, -0.1) is 0 Å². The SMILES string of the molecule is [O]=[Ti]=[O].[SrH2]. The van der Waals surface area contributed by atoms with Gasteiger partial charge in [0.2, 0.25) is 0 Å². The standard InChI is InChI=1S/2O.Sr.Ti.2H. The van der Waals surface area contributed by atoms with Gasteiger partial charge in [-0.3, -0.25) is 0 Å². The van der Waals surface area contributed by atoms with Gasteiger partial charge in [0.05, 0.1) is 0 Å². The van der Waals surface area contributed by atoms with Crippen molar-refractivity contribution in [3.63, 3.8) is 0 Å². The monoisotopic (exact) mass is 170 g/mol. The molecule has 0 aliphatic carbocycles. The van der Waals surface area contributed by atoms with Crippen molar-refractivity contribution in [2.75, 3.05) is 0 Å². The molecule has 0 saturated heterocycles. The summed E-state index contributed by atoms with van der Waals surface area (Å²) < 4.78 is 17.0. The summed E-state index contributed by atoms with van der Waals surface area (Å²) in [5.74, 6) is 0. The molecule has 0 radical (unpaired) electrons. The average molecular weight is 170 g/mol. The maximum atomic E-state index is 8.50. The molecular formula is H2O2SrTi. The number of rotatable bonds is 0. The Hall–Kier alpha value is 1.79. The summed E-state index contributed by atoms with van der Waals surface area (Å²) in [6.45, 7) is 0. The third-order valence-electron chi connectivity index (χ3n) is 0. The molecule has 20 valence electrons. The molecule has 0 aromatic carbocycles. The molecule has 2 nitrogen and oxygen atoms in total. The van der Waals surface area contributed by atoms with Crippen molar-refractivity contribution >= 4 is 45.5 Å². The van der Waals surface area contributed by atoms with Gasteiger partial charge in [-0.05, 0) is 0 Å². The summed E-state index contributed by atoms with van der Waals surface area (Å²) in [6.07, 6.45) is 0. The zero-order valence-electron chi connectivity index (χ0n) is 1.32. The summed E-state index contributed by atoms with van der Waals surface area (Å²) in [7, 11) is 0. The van der Waals surface area contributed by atoms with Gasteiger partial charge in [0.15, 0.2) is 0 Å². The Morgan fingerprint density at radius 2 is 1.25 bits per heavy atom. The molecule has 0 aliphatic heterocycles. The fraction of sp³-hybridized carbons (Fsp3) is 0. The average Bonchev–Trinajstić information content (AvgIpc) is 0.918. The van der Waals surface area contributed by atoms with E-state index in [1.54, 1.807) is 0 Å². The van der Waals surface area contributed by atoms with E-state index >= 15 is 0 Å². The first kappa shape index (κ1) is 9.25. The minimum atomic E-state index is -2.00. The Morgan fingerprint density at radius 3 is 1.25 bits per heavy atom. The fourth-order valence-electron chi connectivity index (χ4n) is 0. The molecule has 0 heterocycles.